The van der Waals surface area contributed by atoms with Gasteiger partial charge in [0.1, 0.15) is 5.82 Å². The molecule has 2 rings (SSSR count). The lowest BCUT2D eigenvalue weighted by Gasteiger charge is -2.22. The monoisotopic (exact) mass is 370 g/mol. The maximum absolute atomic E-state index is 13.0. The first-order chi connectivity index (χ1) is 12.2. The van der Waals surface area contributed by atoms with Gasteiger partial charge < -0.3 is 9.84 Å². The molecule has 0 fully saturated rings. The van der Waals surface area contributed by atoms with E-state index in [2.05, 4.69) is 0 Å². The van der Waals surface area contributed by atoms with E-state index in [4.69, 9.17) is 4.74 Å². The van der Waals surface area contributed by atoms with Gasteiger partial charge in [-0.3, -0.25) is 4.79 Å². The van der Waals surface area contributed by atoms with Gasteiger partial charge in [-0.2, -0.15) is 13.2 Å². The Morgan fingerprint density at radius 3 is 2.15 bits per heavy atom. The quantitative estimate of drug-likeness (QED) is 0.609. The Bertz CT molecular complexity index is 724. The van der Waals surface area contributed by atoms with Gasteiger partial charge in [-0.15, -0.1) is 0 Å². The normalized spacial score (nSPS) is 13.9. The van der Waals surface area contributed by atoms with E-state index >= 15 is 0 Å². The minimum atomic E-state index is -4.45. The molecule has 0 amide bonds. The Balaban J connectivity index is 2.24. The lowest BCUT2D eigenvalue weighted by molar-refractivity contribution is -0.152. The van der Waals surface area contributed by atoms with Crippen molar-refractivity contribution in [3.05, 3.63) is 71.0 Å². The van der Waals surface area contributed by atoms with E-state index in [0.29, 0.717) is 11.1 Å². The molecule has 0 radical (unpaired) electrons. The zero-order valence-electron chi connectivity index (χ0n) is 14.0. The van der Waals surface area contributed by atoms with Gasteiger partial charge in [0.25, 0.3) is 0 Å². The molecule has 0 bridgehead atoms. The number of hydrogen-bond donors (Lipinski definition) is 1. The fraction of sp³-hybridized carbons (Fsp3) is 0.316. The fourth-order valence-electron chi connectivity index (χ4n) is 2.55. The molecule has 0 aliphatic heterocycles. The third-order valence-electron chi connectivity index (χ3n) is 3.92. The highest BCUT2D eigenvalue weighted by Crippen LogP contribution is 2.31. The summed E-state index contributed by atoms with van der Waals surface area (Å²) in [6.07, 6.45) is -5.75. The minimum absolute atomic E-state index is 0.0183. The van der Waals surface area contributed by atoms with Crippen molar-refractivity contribution < 1.29 is 32.2 Å². The lowest BCUT2D eigenvalue weighted by atomic mass is 9.89. The molecule has 2 atom stereocenters. The van der Waals surface area contributed by atoms with Crippen LogP contribution in [0.25, 0.3) is 0 Å². The first-order valence-corrected chi connectivity index (χ1v) is 7.98. The Morgan fingerprint density at radius 2 is 1.65 bits per heavy atom. The number of ether oxygens (including phenoxy) is 1. The standard InChI is InChI=1S/C19H18F4O3/c1-2-26-18(25)16(17(24)13-5-9-15(20)10-6-13)11-12-3-7-14(8-4-12)19(21,22)23/h3-10,16-17,24H,2,11H2,1H3. The summed E-state index contributed by atoms with van der Waals surface area (Å²) in [6, 6.07) is 9.35. The van der Waals surface area contributed by atoms with Gasteiger partial charge in [0, 0.05) is 0 Å². The van der Waals surface area contributed by atoms with Crippen LogP contribution in [-0.4, -0.2) is 17.7 Å². The number of carbonyl (C=O) groups excluding carboxylic acids is 1. The molecule has 0 aliphatic carbocycles. The molecule has 1 N–H and O–H groups in total. The maximum Gasteiger partial charge on any atom is 0.416 e. The van der Waals surface area contributed by atoms with Crippen LogP contribution in [0.2, 0.25) is 0 Å². The zero-order valence-corrected chi connectivity index (χ0v) is 14.0. The van der Waals surface area contributed by atoms with Crippen LogP contribution in [0, 0.1) is 11.7 Å². The second-order valence-electron chi connectivity index (χ2n) is 5.75. The molecular weight excluding hydrogens is 352 g/mol. The van der Waals surface area contributed by atoms with Gasteiger partial charge >= 0.3 is 12.1 Å². The molecule has 3 nitrogen and oxygen atoms in total. The number of alkyl halides is 3. The smallest absolute Gasteiger partial charge is 0.416 e. The Kier molecular flexibility index (Phi) is 6.37. The number of hydrogen-bond acceptors (Lipinski definition) is 3. The fourth-order valence-corrected chi connectivity index (χ4v) is 2.55. The number of carbonyl (C=O) groups is 1. The number of esters is 1. The molecule has 0 heterocycles. The first kappa shape index (κ1) is 19.9. The molecular formula is C19H18F4O3. The number of aliphatic hydroxyl groups is 1. The van der Waals surface area contributed by atoms with Gasteiger partial charge in [0.2, 0.25) is 0 Å². The summed E-state index contributed by atoms with van der Waals surface area (Å²) in [4.78, 5) is 12.2. The molecule has 7 heteroatoms. The van der Waals surface area contributed by atoms with Gasteiger partial charge in [-0.05, 0) is 48.7 Å². The summed E-state index contributed by atoms with van der Waals surface area (Å²) in [5, 5.41) is 10.5. The predicted octanol–water partition coefficient (Wildman–Crippen LogP) is 4.30. The highest BCUT2D eigenvalue weighted by atomic mass is 19.4. The van der Waals surface area contributed by atoms with Crippen LogP contribution in [0.3, 0.4) is 0 Å². The Labute approximate surface area is 148 Å². The van der Waals surface area contributed by atoms with Crippen LogP contribution in [-0.2, 0) is 22.1 Å². The number of aliphatic hydroxyl groups excluding tert-OH is 1. The third kappa shape index (κ3) is 5.05. The summed E-state index contributed by atoms with van der Waals surface area (Å²) in [7, 11) is 0. The van der Waals surface area contributed by atoms with Crippen molar-refractivity contribution in [2.24, 2.45) is 5.92 Å². The van der Waals surface area contributed by atoms with Crippen LogP contribution < -0.4 is 0 Å². The van der Waals surface area contributed by atoms with Crippen LogP contribution in [0.5, 0.6) is 0 Å². The number of benzene rings is 2. The van der Waals surface area contributed by atoms with Crippen molar-refractivity contribution in [3.63, 3.8) is 0 Å². The Hall–Kier alpha value is -2.41. The largest absolute Gasteiger partial charge is 0.466 e. The summed E-state index contributed by atoms with van der Waals surface area (Å²) >= 11 is 0. The van der Waals surface area contributed by atoms with Gasteiger partial charge in [-0.25, -0.2) is 4.39 Å². The SMILES string of the molecule is CCOC(=O)C(Cc1ccc(C(F)(F)F)cc1)C(O)c1ccc(F)cc1. The molecule has 0 aliphatic rings. The van der Waals surface area contributed by atoms with E-state index in [1.807, 2.05) is 0 Å². The van der Waals surface area contributed by atoms with Crippen LogP contribution in [0.15, 0.2) is 48.5 Å². The molecule has 0 spiro atoms. The molecule has 140 valence electrons. The topological polar surface area (TPSA) is 46.5 Å². The zero-order chi connectivity index (χ0) is 19.3. The summed E-state index contributed by atoms with van der Waals surface area (Å²) in [6.45, 7) is 1.70. The Morgan fingerprint density at radius 1 is 1.08 bits per heavy atom. The maximum atomic E-state index is 13.0. The van der Waals surface area contributed by atoms with Crippen LogP contribution >= 0.6 is 0 Å². The lowest BCUT2D eigenvalue weighted by Crippen LogP contribution is -2.27. The van der Waals surface area contributed by atoms with Crippen molar-refractivity contribution in [2.75, 3.05) is 6.61 Å². The van der Waals surface area contributed by atoms with Gasteiger partial charge in [0.05, 0.1) is 24.2 Å². The van der Waals surface area contributed by atoms with Gasteiger partial charge in [-0.1, -0.05) is 24.3 Å². The average Bonchev–Trinajstić information content (AvgIpc) is 2.59. The van der Waals surface area contributed by atoms with Crippen LogP contribution in [0.4, 0.5) is 17.6 Å². The third-order valence-corrected chi connectivity index (χ3v) is 3.92. The van der Waals surface area contributed by atoms with Crippen LogP contribution in [0.1, 0.15) is 29.7 Å². The summed E-state index contributed by atoms with van der Waals surface area (Å²) < 4.78 is 56.0. The highest BCUT2D eigenvalue weighted by molar-refractivity contribution is 5.73. The molecule has 2 unspecified atom stereocenters. The molecule has 2 aromatic carbocycles. The van der Waals surface area contributed by atoms with E-state index in [-0.39, 0.29) is 13.0 Å². The molecule has 0 saturated carbocycles. The van der Waals surface area contributed by atoms with E-state index in [1.165, 1.54) is 24.3 Å². The average molecular weight is 370 g/mol. The van der Waals surface area contributed by atoms with Crippen molar-refractivity contribution in [1.82, 2.24) is 0 Å². The summed E-state index contributed by atoms with van der Waals surface area (Å²) in [5.41, 5.74) is -0.0402. The van der Waals surface area contributed by atoms with Crippen molar-refractivity contribution in [2.45, 2.75) is 25.6 Å². The number of rotatable bonds is 6. The summed E-state index contributed by atoms with van der Waals surface area (Å²) in [5.74, 6) is -2.20. The molecule has 26 heavy (non-hydrogen) atoms. The van der Waals surface area contributed by atoms with E-state index in [9.17, 15) is 27.5 Å². The van der Waals surface area contributed by atoms with E-state index in [1.54, 1.807) is 6.92 Å². The second-order valence-corrected chi connectivity index (χ2v) is 5.75. The molecule has 0 saturated heterocycles. The van der Waals surface area contributed by atoms with Crippen molar-refractivity contribution in [1.29, 1.82) is 0 Å². The number of halogens is 4. The molecule has 2 aromatic rings. The van der Waals surface area contributed by atoms with Gasteiger partial charge in [0.15, 0.2) is 0 Å². The van der Waals surface area contributed by atoms with E-state index < -0.39 is 35.5 Å². The first-order valence-electron chi connectivity index (χ1n) is 7.98. The van der Waals surface area contributed by atoms with Crippen molar-refractivity contribution in [3.8, 4) is 0 Å². The highest BCUT2D eigenvalue weighted by Gasteiger charge is 2.32. The van der Waals surface area contributed by atoms with E-state index in [0.717, 1.165) is 24.3 Å². The molecule has 0 aromatic heterocycles. The minimum Gasteiger partial charge on any atom is -0.466 e. The van der Waals surface area contributed by atoms with Crippen molar-refractivity contribution >= 4 is 5.97 Å². The predicted molar refractivity (Wildman–Crippen MR) is 86.6 cm³/mol. The second kappa shape index (κ2) is 8.31.